The van der Waals surface area contributed by atoms with E-state index in [2.05, 4.69) is 19.7 Å². The van der Waals surface area contributed by atoms with E-state index >= 15 is 0 Å². The van der Waals surface area contributed by atoms with Crippen LogP contribution in [0.15, 0.2) is 35.7 Å². The van der Waals surface area contributed by atoms with Crippen LogP contribution in [0.25, 0.3) is 11.2 Å². The molecule has 1 saturated heterocycles. The van der Waals surface area contributed by atoms with Crippen LogP contribution in [0.4, 0.5) is 11.5 Å². The molecule has 0 aliphatic carbocycles. The van der Waals surface area contributed by atoms with Crippen molar-refractivity contribution >= 4 is 44.3 Å². The van der Waals surface area contributed by atoms with Gasteiger partial charge in [-0.25, -0.2) is 28.1 Å². The molecule has 0 saturated carbocycles. The lowest BCUT2D eigenvalue weighted by Gasteiger charge is -2.16. The Morgan fingerprint density at radius 1 is 1.28 bits per heavy atom. The molecule has 1 aliphatic heterocycles. The molecule has 0 unspecified atom stereocenters. The summed E-state index contributed by atoms with van der Waals surface area (Å²) in [6.45, 7) is -0.433. The maximum Gasteiger partial charge on any atom is 0.289 e. The van der Waals surface area contributed by atoms with Crippen molar-refractivity contribution in [1.29, 1.82) is 0 Å². The van der Waals surface area contributed by atoms with E-state index in [1.165, 1.54) is 17.2 Å². The van der Waals surface area contributed by atoms with Gasteiger partial charge in [0, 0.05) is 12.6 Å². The Labute approximate surface area is 184 Å². The summed E-state index contributed by atoms with van der Waals surface area (Å²) in [7, 11) is -4.22. The van der Waals surface area contributed by atoms with Gasteiger partial charge in [-0.15, -0.1) is 0 Å². The average Bonchev–Trinajstić information content (AvgIpc) is 3.29. The summed E-state index contributed by atoms with van der Waals surface area (Å²) in [6.07, 6.45) is -2.67. The monoisotopic (exact) mass is 485 g/mol. The number of nitrogen functional groups attached to an aromatic ring is 1. The van der Waals surface area contributed by atoms with E-state index in [4.69, 9.17) is 22.1 Å². The fourth-order valence-corrected chi connectivity index (χ4v) is 4.51. The number of fused-ring (bicyclic) bond motifs is 1. The van der Waals surface area contributed by atoms with Gasteiger partial charge < -0.3 is 20.7 Å². The molecule has 1 aliphatic rings. The van der Waals surface area contributed by atoms with E-state index in [0.717, 1.165) is 18.2 Å². The zero-order chi connectivity index (χ0) is 23.2. The van der Waals surface area contributed by atoms with Gasteiger partial charge in [0.2, 0.25) is 10.0 Å². The van der Waals surface area contributed by atoms with Crippen LogP contribution in [-0.4, -0.2) is 67.9 Å². The SMILES string of the molecule is Nc1ncnc2c1ncn2[C@@H]1O[C@H](CNS(=O)(=O)c2ccc(Cl)c([N+](=O)[O-])c2)[C@@H](O)[C@H]1O. The third-order valence-electron chi connectivity index (χ3n) is 4.90. The van der Waals surface area contributed by atoms with Crippen molar-refractivity contribution in [2.75, 3.05) is 12.3 Å². The Bertz CT molecular complexity index is 1300. The molecule has 3 aromatic rings. The molecule has 0 amide bonds. The van der Waals surface area contributed by atoms with Crippen LogP contribution in [0.5, 0.6) is 0 Å². The summed E-state index contributed by atoms with van der Waals surface area (Å²) < 4.78 is 34.3. The molecule has 2 aromatic heterocycles. The molecule has 5 N–H and O–H groups in total. The lowest BCUT2D eigenvalue weighted by molar-refractivity contribution is -0.384. The van der Waals surface area contributed by atoms with Crippen LogP contribution < -0.4 is 10.5 Å². The van der Waals surface area contributed by atoms with Crippen molar-refractivity contribution in [2.45, 2.75) is 29.4 Å². The highest BCUT2D eigenvalue weighted by Crippen LogP contribution is 2.32. The molecule has 32 heavy (non-hydrogen) atoms. The summed E-state index contributed by atoms with van der Waals surface area (Å²) in [4.78, 5) is 21.7. The van der Waals surface area contributed by atoms with Crippen molar-refractivity contribution in [1.82, 2.24) is 24.2 Å². The van der Waals surface area contributed by atoms with Crippen LogP contribution in [0.1, 0.15) is 6.23 Å². The molecule has 14 nitrogen and oxygen atoms in total. The number of rotatable bonds is 6. The number of nitro groups is 1. The average molecular weight is 486 g/mol. The normalized spacial score (nSPS) is 23.6. The van der Waals surface area contributed by atoms with Crippen LogP contribution >= 0.6 is 11.6 Å². The highest BCUT2D eigenvalue weighted by Gasteiger charge is 2.44. The predicted octanol–water partition coefficient (Wildman–Crippen LogP) is -0.432. The highest BCUT2D eigenvalue weighted by molar-refractivity contribution is 7.89. The van der Waals surface area contributed by atoms with Gasteiger partial charge in [0.1, 0.15) is 35.2 Å². The Kier molecular flexibility index (Phi) is 5.70. The molecular weight excluding hydrogens is 470 g/mol. The van der Waals surface area contributed by atoms with Gasteiger partial charge in [-0.3, -0.25) is 14.7 Å². The molecule has 4 atom stereocenters. The molecule has 1 fully saturated rings. The van der Waals surface area contributed by atoms with Gasteiger partial charge in [0.15, 0.2) is 17.7 Å². The zero-order valence-corrected chi connectivity index (χ0v) is 17.5. The number of aliphatic hydroxyl groups excluding tert-OH is 2. The largest absolute Gasteiger partial charge is 0.387 e. The first kappa shape index (κ1) is 22.3. The molecule has 170 valence electrons. The number of benzene rings is 1. The van der Waals surface area contributed by atoms with Gasteiger partial charge >= 0.3 is 0 Å². The van der Waals surface area contributed by atoms with E-state index in [1.807, 2.05) is 0 Å². The number of anilines is 1. The predicted molar refractivity (Wildman–Crippen MR) is 109 cm³/mol. The first-order valence-electron chi connectivity index (χ1n) is 8.98. The second-order valence-corrected chi connectivity index (χ2v) is 9.03. The van der Waals surface area contributed by atoms with Crippen molar-refractivity contribution in [3.05, 3.63) is 46.0 Å². The quantitative estimate of drug-likeness (QED) is 0.260. The molecule has 0 radical (unpaired) electrons. The van der Waals surface area contributed by atoms with Gasteiger partial charge in [-0.05, 0) is 12.1 Å². The molecule has 3 heterocycles. The Morgan fingerprint density at radius 3 is 2.75 bits per heavy atom. The van der Waals surface area contributed by atoms with Gasteiger partial charge in [-0.2, -0.15) is 0 Å². The molecule has 0 bridgehead atoms. The molecular formula is C16H16ClN7O7S. The van der Waals surface area contributed by atoms with E-state index in [1.54, 1.807) is 0 Å². The molecule has 0 spiro atoms. The fraction of sp³-hybridized carbons (Fsp3) is 0.312. The number of aliphatic hydroxyl groups is 2. The minimum atomic E-state index is -4.22. The standard InChI is InChI=1S/C16H16ClN7O7S/c17-8-2-1-7(3-9(8)24(27)28)32(29,30)22-4-10-12(25)13(26)16(31-10)23-6-21-11-14(18)19-5-20-15(11)23/h1-3,5-6,10,12-13,16,22,25-26H,4H2,(H2,18,19,20)/t10-,12-,13-,16-/m1/s1. The second-order valence-electron chi connectivity index (χ2n) is 6.85. The van der Waals surface area contributed by atoms with Crippen molar-refractivity contribution in [3.8, 4) is 0 Å². The number of nitrogens with two attached hydrogens (primary N) is 1. The van der Waals surface area contributed by atoms with Gasteiger partial charge in [0.05, 0.1) is 16.1 Å². The number of aromatic nitrogens is 4. The van der Waals surface area contributed by atoms with E-state index < -0.39 is 56.6 Å². The maximum atomic E-state index is 12.6. The number of halogens is 1. The Balaban J connectivity index is 1.52. The van der Waals surface area contributed by atoms with Crippen molar-refractivity contribution < 1.29 is 28.3 Å². The number of ether oxygens (including phenoxy) is 1. The lowest BCUT2D eigenvalue weighted by atomic mass is 10.1. The number of imidazole rings is 1. The third kappa shape index (κ3) is 3.85. The summed E-state index contributed by atoms with van der Waals surface area (Å²) in [5.74, 6) is 0.114. The van der Waals surface area contributed by atoms with Crippen LogP contribution in [-0.2, 0) is 14.8 Å². The molecule has 4 rings (SSSR count). The smallest absolute Gasteiger partial charge is 0.289 e. The first-order chi connectivity index (χ1) is 15.1. The Morgan fingerprint density at radius 2 is 2.03 bits per heavy atom. The van der Waals surface area contributed by atoms with Crippen molar-refractivity contribution in [2.24, 2.45) is 0 Å². The highest BCUT2D eigenvalue weighted by atomic mass is 35.5. The molecule has 16 heteroatoms. The number of hydrogen-bond acceptors (Lipinski definition) is 11. The lowest BCUT2D eigenvalue weighted by Crippen LogP contribution is -2.39. The number of hydrogen-bond donors (Lipinski definition) is 4. The fourth-order valence-electron chi connectivity index (χ4n) is 3.26. The zero-order valence-electron chi connectivity index (χ0n) is 15.9. The van der Waals surface area contributed by atoms with Crippen LogP contribution in [0.3, 0.4) is 0 Å². The van der Waals surface area contributed by atoms with E-state index in [9.17, 15) is 28.7 Å². The Hall–Kier alpha value is -2.95. The summed E-state index contributed by atoms with van der Waals surface area (Å²) in [5.41, 5.74) is 5.69. The van der Waals surface area contributed by atoms with Crippen LogP contribution in [0, 0.1) is 10.1 Å². The third-order valence-corrected chi connectivity index (χ3v) is 6.64. The summed E-state index contributed by atoms with van der Waals surface area (Å²) >= 11 is 5.71. The molecule has 1 aromatic carbocycles. The maximum absolute atomic E-state index is 12.6. The topological polar surface area (TPSA) is 209 Å². The number of nitrogens with one attached hydrogen (secondary N) is 1. The number of sulfonamides is 1. The van der Waals surface area contributed by atoms with E-state index in [-0.39, 0.29) is 22.0 Å². The first-order valence-corrected chi connectivity index (χ1v) is 10.8. The summed E-state index contributed by atoms with van der Waals surface area (Å²) in [6, 6.07) is 3.01. The number of nitro benzene ring substituents is 1. The van der Waals surface area contributed by atoms with Gasteiger partial charge in [0.25, 0.3) is 5.69 Å². The summed E-state index contributed by atoms with van der Waals surface area (Å²) in [5, 5.41) is 31.6. The van der Waals surface area contributed by atoms with Crippen LogP contribution in [0.2, 0.25) is 5.02 Å². The number of nitrogens with zero attached hydrogens (tertiary/aromatic N) is 5. The minimum Gasteiger partial charge on any atom is -0.387 e. The van der Waals surface area contributed by atoms with Gasteiger partial charge in [-0.1, -0.05) is 11.6 Å². The van der Waals surface area contributed by atoms with E-state index in [0.29, 0.717) is 0 Å². The second kappa shape index (κ2) is 8.19. The minimum absolute atomic E-state index is 0.114. The van der Waals surface area contributed by atoms with Crippen molar-refractivity contribution in [3.63, 3.8) is 0 Å².